The molecule has 0 spiro atoms. The minimum atomic E-state index is -0.271. The SMILES string of the molecule is COC(=O)N1CCC(N(C)C(=O)CCC(C)C)CC1. The van der Waals surface area contributed by atoms with Gasteiger partial charge in [-0.15, -0.1) is 0 Å². The van der Waals surface area contributed by atoms with Crippen LogP contribution in [0.2, 0.25) is 0 Å². The number of likely N-dealkylation sites (tertiary alicyclic amines) is 1. The summed E-state index contributed by atoms with van der Waals surface area (Å²) in [6, 6.07) is 0.251. The summed E-state index contributed by atoms with van der Waals surface area (Å²) in [6.45, 7) is 5.59. The fourth-order valence-electron chi connectivity index (χ4n) is 2.36. The highest BCUT2D eigenvalue weighted by atomic mass is 16.5. The number of nitrogens with zero attached hydrogens (tertiary/aromatic N) is 2. The van der Waals surface area contributed by atoms with Gasteiger partial charge in [0.1, 0.15) is 0 Å². The van der Waals surface area contributed by atoms with Crippen molar-refractivity contribution in [2.45, 2.75) is 45.6 Å². The minimum absolute atomic E-state index is 0.213. The van der Waals surface area contributed by atoms with E-state index in [1.54, 1.807) is 4.90 Å². The van der Waals surface area contributed by atoms with Crippen molar-refractivity contribution in [3.05, 3.63) is 0 Å². The highest BCUT2D eigenvalue weighted by molar-refractivity contribution is 5.76. The van der Waals surface area contributed by atoms with E-state index in [4.69, 9.17) is 4.74 Å². The molecule has 1 heterocycles. The molecule has 0 aromatic rings. The maximum atomic E-state index is 12.0. The van der Waals surface area contributed by atoms with Crippen LogP contribution in [0, 0.1) is 5.92 Å². The van der Waals surface area contributed by atoms with E-state index in [2.05, 4.69) is 13.8 Å². The van der Waals surface area contributed by atoms with Gasteiger partial charge in [0.25, 0.3) is 0 Å². The summed E-state index contributed by atoms with van der Waals surface area (Å²) in [5, 5.41) is 0. The lowest BCUT2D eigenvalue weighted by Crippen LogP contribution is -2.47. The van der Waals surface area contributed by atoms with Gasteiger partial charge < -0.3 is 14.5 Å². The standard InChI is InChI=1S/C14H26N2O3/c1-11(2)5-6-13(17)15(3)12-7-9-16(10-8-12)14(18)19-4/h11-12H,5-10H2,1-4H3. The molecule has 1 saturated heterocycles. The van der Waals surface area contributed by atoms with Crippen molar-refractivity contribution in [3.8, 4) is 0 Å². The summed E-state index contributed by atoms with van der Waals surface area (Å²) in [4.78, 5) is 27.0. The van der Waals surface area contributed by atoms with Crippen LogP contribution >= 0.6 is 0 Å². The first-order valence-electron chi connectivity index (χ1n) is 7.04. The number of piperidine rings is 1. The lowest BCUT2D eigenvalue weighted by Gasteiger charge is -2.36. The first kappa shape index (κ1) is 15.8. The Kier molecular flexibility index (Phi) is 6.12. The molecule has 0 saturated carbocycles. The fraction of sp³-hybridized carbons (Fsp3) is 0.857. The molecule has 110 valence electrons. The molecule has 0 atom stereocenters. The predicted molar refractivity (Wildman–Crippen MR) is 73.8 cm³/mol. The molecule has 0 aliphatic carbocycles. The van der Waals surface area contributed by atoms with Gasteiger partial charge in [0.2, 0.25) is 5.91 Å². The number of rotatable bonds is 4. The minimum Gasteiger partial charge on any atom is -0.453 e. The molecule has 1 aliphatic rings. The van der Waals surface area contributed by atoms with Crippen molar-refractivity contribution in [2.75, 3.05) is 27.2 Å². The zero-order chi connectivity index (χ0) is 14.4. The van der Waals surface area contributed by atoms with Gasteiger partial charge in [-0.3, -0.25) is 4.79 Å². The van der Waals surface area contributed by atoms with Gasteiger partial charge in [-0.05, 0) is 25.2 Å². The molecule has 0 aromatic heterocycles. The number of methoxy groups -OCH3 is 1. The Morgan fingerprint density at radius 1 is 1.32 bits per heavy atom. The summed E-state index contributed by atoms with van der Waals surface area (Å²) in [5.74, 6) is 0.767. The summed E-state index contributed by atoms with van der Waals surface area (Å²) in [7, 11) is 3.27. The summed E-state index contributed by atoms with van der Waals surface area (Å²) < 4.78 is 4.70. The molecule has 0 radical (unpaired) electrons. The molecule has 0 aromatic carbocycles. The normalized spacial score (nSPS) is 16.6. The van der Waals surface area contributed by atoms with Crippen LogP contribution < -0.4 is 0 Å². The molecular formula is C14H26N2O3. The summed E-state index contributed by atoms with van der Waals surface area (Å²) in [6.07, 6.45) is 2.94. The molecule has 5 heteroatoms. The third kappa shape index (κ3) is 4.73. The maximum absolute atomic E-state index is 12.0. The van der Waals surface area contributed by atoms with Crippen LogP contribution in [0.5, 0.6) is 0 Å². The van der Waals surface area contributed by atoms with Crippen molar-refractivity contribution in [3.63, 3.8) is 0 Å². The topological polar surface area (TPSA) is 49.9 Å². The quantitative estimate of drug-likeness (QED) is 0.786. The first-order valence-corrected chi connectivity index (χ1v) is 7.04. The average Bonchev–Trinajstić information content (AvgIpc) is 2.43. The third-order valence-electron chi connectivity index (χ3n) is 3.77. The Balaban J connectivity index is 2.37. The number of hydrogen-bond donors (Lipinski definition) is 0. The van der Waals surface area contributed by atoms with Crippen LogP contribution in [0.15, 0.2) is 0 Å². The zero-order valence-corrected chi connectivity index (χ0v) is 12.5. The van der Waals surface area contributed by atoms with E-state index in [9.17, 15) is 9.59 Å². The van der Waals surface area contributed by atoms with Gasteiger partial charge in [-0.25, -0.2) is 4.79 Å². The Hall–Kier alpha value is -1.26. The van der Waals surface area contributed by atoms with E-state index >= 15 is 0 Å². The van der Waals surface area contributed by atoms with E-state index in [1.807, 2.05) is 11.9 Å². The van der Waals surface area contributed by atoms with Crippen molar-refractivity contribution < 1.29 is 14.3 Å². The third-order valence-corrected chi connectivity index (χ3v) is 3.77. The second-order valence-electron chi connectivity index (χ2n) is 5.63. The predicted octanol–water partition coefficient (Wildman–Crippen LogP) is 2.11. The van der Waals surface area contributed by atoms with Crippen molar-refractivity contribution in [2.24, 2.45) is 5.92 Å². The van der Waals surface area contributed by atoms with E-state index in [0.29, 0.717) is 25.4 Å². The van der Waals surface area contributed by atoms with Crippen molar-refractivity contribution in [1.29, 1.82) is 0 Å². The number of carbonyl (C=O) groups is 2. The average molecular weight is 270 g/mol. The highest BCUT2D eigenvalue weighted by Gasteiger charge is 2.27. The van der Waals surface area contributed by atoms with Crippen LogP contribution in [-0.4, -0.2) is 55.1 Å². The summed E-state index contributed by atoms with van der Waals surface area (Å²) in [5.41, 5.74) is 0. The van der Waals surface area contributed by atoms with Crippen LogP contribution in [0.4, 0.5) is 4.79 Å². The molecule has 5 nitrogen and oxygen atoms in total. The molecule has 1 rings (SSSR count). The largest absolute Gasteiger partial charge is 0.453 e. The monoisotopic (exact) mass is 270 g/mol. The highest BCUT2D eigenvalue weighted by Crippen LogP contribution is 2.17. The molecule has 0 bridgehead atoms. The Bertz CT molecular complexity index is 310. The lowest BCUT2D eigenvalue weighted by molar-refractivity contribution is -0.133. The molecule has 2 amide bonds. The van der Waals surface area contributed by atoms with E-state index in [0.717, 1.165) is 19.3 Å². The maximum Gasteiger partial charge on any atom is 0.409 e. The van der Waals surface area contributed by atoms with Crippen LogP contribution in [-0.2, 0) is 9.53 Å². The molecule has 19 heavy (non-hydrogen) atoms. The first-order chi connectivity index (χ1) is 8.95. The Labute approximate surface area is 115 Å². The van der Waals surface area contributed by atoms with Gasteiger partial charge in [0.05, 0.1) is 7.11 Å². The number of hydrogen-bond acceptors (Lipinski definition) is 3. The van der Waals surface area contributed by atoms with Crippen molar-refractivity contribution in [1.82, 2.24) is 9.80 Å². The van der Waals surface area contributed by atoms with Crippen LogP contribution in [0.1, 0.15) is 39.5 Å². The number of amides is 2. The smallest absolute Gasteiger partial charge is 0.409 e. The number of ether oxygens (including phenoxy) is 1. The van der Waals surface area contributed by atoms with Crippen molar-refractivity contribution >= 4 is 12.0 Å². The molecule has 1 fully saturated rings. The van der Waals surface area contributed by atoms with Crippen LogP contribution in [0.25, 0.3) is 0 Å². The molecule has 1 aliphatic heterocycles. The lowest BCUT2D eigenvalue weighted by atomic mass is 10.0. The van der Waals surface area contributed by atoms with Gasteiger partial charge >= 0.3 is 6.09 Å². The Morgan fingerprint density at radius 2 is 1.89 bits per heavy atom. The number of carbonyl (C=O) groups excluding carboxylic acids is 2. The zero-order valence-electron chi connectivity index (χ0n) is 12.5. The second-order valence-corrected chi connectivity index (χ2v) is 5.63. The summed E-state index contributed by atoms with van der Waals surface area (Å²) >= 11 is 0. The Morgan fingerprint density at radius 3 is 2.37 bits per heavy atom. The van der Waals surface area contributed by atoms with E-state index < -0.39 is 0 Å². The van der Waals surface area contributed by atoms with Crippen LogP contribution in [0.3, 0.4) is 0 Å². The van der Waals surface area contributed by atoms with Gasteiger partial charge in [-0.1, -0.05) is 13.8 Å². The van der Waals surface area contributed by atoms with Gasteiger partial charge in [0.15, 0.2) is 0 Å². The molecule has 0 N–H and O–H groups in total. The van der Waals surface area contributed by atoms with E-state index in [-0.39, 0.29) is 18.0 Å². The van der Waals surface area contributed by atoms with Gasteiger partial charge in [-0.2, -0.15) is 0 Å². The molecular weight excluding hydrogens is 244 g/mol. The van der Waals surface area contributed by atoms with E-state index in [1.165, 1.54) is 7.11 Å². The fourth-order valence-corrected chi connectivity index (χ4v) is 2.36. The second kappa shape index (κ2) is 7.36. The van der Waals surface area contributed by atoms with Gasteiger partial charge in [0, 0.05) is 32.6 Å². The molecule has 0 unspecified atom stereocenters.